The van der Waals surface area contributed by atoms with Crippen molar-refractivity contribution in [1.29, 1.82) is 0 Å². The molecule has 0 amide bonds. The van der Waals surface area contributed by atoms with Gasteiger partial charge in [-0.1, -0.05) is 12.1 Å². The second kappa shape index (κ2) is 9.24. The Morgan fingerprint density at radius 1 is 0.767 bits per heavy atom. The molecule has 2 fully saturated rings. The van der Waals surface area contributed by atoms with Gasteiger partial charge in [0.05, 0.1) is 0 Å². The van der Waals surface area contributed by atoms with Crippen LogP contribution >= 0.6 is 0 Å². The van der Waals surface area contributed by atoms with Crippen LogP contribution in [0.25, 0.3) is 0 Å². The minimum Gasteiger partial charge on any atom is -0.457 e. The summed E-state index contributed by atoms with van der Waals surface area (Å²) < 4.78 is 6.39. The lowest BCUT2D eigenvalue weighted by Crippen LogP contribution is -2.29. The van der Waals surface area contributed by atoms with Gasteiger partial charge in [0.2, 0.25) is 0 Å². The van der Waals surface area contributed by atoms with Crippen LogP contribution in [0, 0.1) is 10.1 Å². The number of nitrogens with zero attached hydrogens (tertiary/aromatic N) is 3. The van der Waals surface area contributed by atoms with E-state index in [1.165, 1.54) is 87.2 Å². The van der Waals surface area contributed by atoms with Crippen molar-refractivity contribution in [2.45, 2.75) is 44.9 Å². The van der Waals surface area contributed by atoms with Crippen molar-refractivity contribution >= 4 is 11.4 Å². The Kier molecular flexibility index (Phi) is 6.26. The fourth-order valence-corrected chi connectivity index (χ4v) is 4.59. The van der Waals surface area contributed by atoms with Gasteiger partial charge in [-0.25, -0.2) is 0 Å². The molecule has 0 saturated carbocycles. The highest BCUT2D eigenvalue weighted by Crippen LogP contribution is 2.40. The van der Waals surface area contributed by atoms with Crippen LogP contribution in [0.4, 0.5) is 11.4 Å². The minimum atomic E-state index is -1.50. The van der Waals surface area contributed by atoms with E-state index in [0.29, 0.717) is 0 Å². The first-order valence-corrected chi connectivity index (χ1v) is 10.9. The minimum absolute atomic E-state index is 0.977. The van der Waals surface area contributed by atoms with Gasteiger partial charge in [0, 0.05) is 56.1 Å². The molecule has 7 heteroatoms. The zero-order chi connectivity index (χ0) is 20.9. The topological polar surface area (TPSA) is 79.1 Å². The van der Waals surface area contributed by atoms with Gasteiger partial charge in [-0.15, -0.1) is 10.1 Å². The van der Waals surface area contributed by atoms with E-state index in [2.05, 4.69) is 46.2 Å². The van der Waals surface area contributed by atoms with Crippen molar-refractivity contribution in [1.82, 2.24) is 0 Å². The summed E-state index contributed by atoms with van der Waals surface area (Å²) in [5, 5.41) is 13.6. The molecular formula is C23H29N3O4. The lowest BCUT2D eigenvalue weighted by Gasteiger charge is -2.31. The van der Waals surface area contributed by atoms with Crippen LogP contribution in [0.5, 0.6) is 11.5 Å². The molecule has 0 aromatic heterocycles. The van der Waals surface area contributed by atoms with E-state index in [1.54, 1.807) is 0 Å². The maximum atomic E-state index is 8.36. The van der Waals surface area contributed by atoms with Gasteiger partial charge in [0.1, 0.15) is 11.5 Å². The highest BCUT2D eigenvalue weighted by Gasteiger charge is 2.21. The van der Waals surface area contributed by atoms with Gasteiger partial charge in [0.25, 0.3) is 5.09 Å². The normalized spacial score (nSPS) is 17.7. The molecule has 3 aliphatic rings. The molecule has 0 bridgehead atoms. The van der Waals surface area contributed by atoms with Gasteiger partial charge in [-0.3, -0.25) is 0 Å². The predicted octanol–water partition coefficient (Wildman–Crippen LogP) is 5.02. The molecule has 3 heterocycles. The molecule has 2 aromatic rings. The molecule has 0 atom stereocenters. The van der Waals surface area contributed by atoms with Gasteiger partial charge in [0.15, 0.2) is 0 Å². The number of piperidine rings is 2. The number of rotatable bonds is 2. The van der Waals surface area contributed by atoms with Gasteiger partial charge >= 0.3 is 0 Å². The van der Waals surface area contributed by atoms with Crippen molar-refractivity contribution in [3.63, 3.8) is 0 Å². The van der Waals surface area contributed by atoms with Crippen LogP contribution < -0.4 is 14.5 Å². The lowest BCUT2D eigenvalue weighted by molar-refractivity contribution is -0.742. The molecule has 0 unspecified atom stereocenters. The monoisotopic (exact) mass is 411 g/mol. The number of ether oxygens (including phenoxy) is 1. The van der Waals surface area contributed by atoms with Gasteiger partial charge in [-0.2, -0.15) is 0 Å². The average molecular weight is 412 g/mol. The maximum absolute atomic E-state index is 8.36. The molecule has 160 valence electrons. The number of fused-ring (bicyclic) bond motifs is 2. The zero-order valence-corrected chi connectivity index (χ0v) is 17.3. The van der Waals surface area contributed by atoms with Crippen LogP contribution in [0.2, 0.25) is 0 Å². The summed E-state index contributed by atoms with van der Waals surface area (Å²) >= 11 is 0. The first-order valence-electron chi connectivity index (χ1n) is 10.9. The lowest BCUT2D eigenvalue weighted by atomic mass is 9.98. The molecule has 2 aromatic carbocycles. The Morgan fingerprint density at radius 2 is 1.17 bits per heavy atom. The number of benzene rings is 2. The first-order chi connectivity index (χ1) is 14.6. The van der Waals surface area contributed by atoms with Gasteiger partial charge in [-0.05, 0) is 61.8 Å². The quantitative estimate of drug-likeness (QED) is 0.471. The molecule has 7 nitrogen and oxygen atoms in total. The Labute approximate surface area is 177 Å². The van der Waals surface area contributed by atoms with Crippen LogP contribution in [0.1, 0.15) is 49.7 Å². The third-order valence-electron chi connectivity index (χ3n) is 6.14. The maximum Gasteiger partial charge on any atom is 0.291 e. The van der Waals surface area contributed by atoms with Gasteiger partial charge < -0.3 is 19.7 Å². The van der Waals surface area contributed by atoms with Crippen molar-refractivity contribution in [2.24, 2.45) is 0 Å². The first kappa shape index (κ1) is 20.3. The highest BCUT2D eigenvalue weighted by molar-refractivity contribution is 5.62. The van der Waals surface area contributed by atoms with E-state index in [0.717, 1.165) is 17.9 Å². The SMILES string of the molecule is O=[N+]([O-])O.c1cc2c(cc1N1CCCCC1)Oc1cc(N3CCCCC3)ccc1C2. The number of hydrogen-bond acceptors (Lipinski definition) is 5. The third-order valence-corrected chi connectivity index (χ3v) is 6.14. The average Bonchev–Trinajstić information content (AvgIpc) is 2.78. The van der Waals surface area contributed by atoms with E-state index >= 15 is 0 Å². The van der Waals surface area contributed by atoms with Crippen molar-refractivity contribution in [2.75, 3.05) is 36.0 Å². The zero-order valence-electron chi connectivity index (χ0n) is 17.3. The largest absolute Gasteiger partial charge is 0.457 e. The fraction of sp³-hybridized carbons (Fsp3) is 0.478. The van der Waals surface area contributed by atoms with Crippen LogP contribution in [-0.2, 0) is 6.42 Å². The van der Waals surface area contributed by atoms with E-state index in [9.17, 15) is 0 Å². The second-order valence-electron chi connectivity index (χ2n) is 8.20. The smallest absolute Gasteiger partial charge is 0.291 e. The number of hydrogen-bond donors (Lipinski definition) is 1. The summed E-state index contributed by atoms with van der Waals surface area (Å²) in [7, 11) is 0. The molecule has 5 rings (SSSR count). The molecule has 1 N–H and O–H groups in total. The van der Waals surface area contributed by atoms with Crippen molar-refractivity contribution in [3.8, 4) is 11.5 Å². The molecule has 30 heavy (non-hydrogen) atoms. The molecule has 0 spiro atoms. The van der Waals surface area contributed by atoms with Crippen LogP contribution in [-0.4, -0.2) is 36.5 Å². The molecule has 3 aliphatic heterocycles. The van der Waals surface area contributed by atoms with Crippen molar-refractivity contribution in [3.05, 3.63) is 57.6 Å². The molecule has 0 aliphatic carbocycles. The highest BCUT2D eigenvalue weighted by atomic mass is 16.9. The van der Waals surface area contributed by atoms with Crippen LogP contribution in [0.15, 0.2) is 36.4 Å². The second-order valence-corrected chi connectivity index (χ2v) is 8.20. The summed E-state index contributed by atoms with van der Waals surface area (Å²) in [6.45, 7) is 4.70. The summed E-state index contributed by atoms with van der Waals surface area (Å²) in [4.78, 5) is 13.4. The third kappa shape index (κ3) is 4.78. The van der Waals surface area contributed by atoms with Crippen molar-refractivity contribution < 1.29 is 15.0 Å². The molecule has 0 radical (unpaired) electrons. The fourth-order valence-electron chi connectivity index (χ4n) is 4.59. The summed E-state index contributed by atoms with van der Waals surface area (Å²) in [6, 6.07) is 13.6. The summed E-state index contributed by atoms with van der Waals surface area (Å²) in [5.74, 6) is 2.10. The Bertz CT molecular complexity index is 821. The standard InChI is InChI=1S/C23H28N2O.HNO3/c1-3-11-24(12-4-1)20-9-7-18-15-19-8-10-21(25-13-5-2-6-14-25)17-23(19)26-22(18)16-20;2-1(3)4/h7-10,16-17H,1-6,11-15H2;(H,2,3,4). The van der Waals surface area contributed by atoms with E-state index < -0.39 is 5.09 Å². The van der Waals surface area contributed by atoms with E-state index in [1.807, 2.05) is 0 Å². The Balaban J connectivity index is 0.000000503. The Hall–Kier alpha value is -2.96. The molecular weight excluding hydrogens is 382 g/mol. The van der Waals surface area contributed by atoms with E-state index in [4.69, 9.17) is 20.1 Å². The summed E-state index contributed by atoms with van der Waals surface area (Å²) in [5.41, 5.74) is 5.26. The predicted molar refractivity (Wildman–Crippen MR) is 117 cm³/mol. The Morgan fingerprint density at radius 3 is 1.57 bits per heavy atom. The van der Waals surface area contributed by atoms with Crippen LogP contribution in [0.3, 0.4) is 0 Å². The summed E-state index contributed by atoms with van der Waals surface area (Å²) in [6.07, 6.45) is 8.93. The molecule has 2 saturated heterocycles. The van der Waals surface area contributed by atoms with E-state index in [-0.39, 0.29) is 0 Å². The number of anilines is 2.